The van der Waals surface area contributed by atoms with Gasteiger partial charge in [-0.25, -0.2) is 14.4 Å². The van der Waals surface area contributed by atoms with E-state index in [2.05, 4.69) is 10.4 Å². The third kappa shape index (κ3) is 10.1. The van der Waals surface area contributed by atoms with Gasteiger partial charge in [0.15, 0.2) is 0 Å². The number of ether oxygens (including phenoxy) is 1. The monoisotopic (exact) mass is 517 g/mol. The van der Waals surface area contributed by atoms with E-state index in [-0.39, 0.29) is 18.8 Å². The minimum Gasteiger partial charge on any atom is -0.480 e. The summed E-state index contributed by atoms with van der Waals surface area (Å²) in [5, 5.41) is 22.6. The second-order valence-corrected chi connectivity index (χ2v) is 9.29. The van der Waals surface area contributed by atoms with Gasteiger partial charge in [-0.2, -0.15) is 0 Å². The quantitative estimate of drug-likeness (QED) is 0.129. The normalized spacial score (nSPS) is 16.3. The van der Waals surface area contributed by atoms with E-state index in [1.807, 2.05) is 0 Å². The van der Waals surface area contributed by atoms with Gasteiger partial charge in [0.25, 0.3) is 6.10 Å². The van der Waals surface area contributed by atoms with Crippen molar-refractivity contribution in [3.8, 4) is 5.75 Å². The predicted molar refractivity (Wildman–Crippen MR) is 124 cm³/mol. The first-order chi connectivity index (χ1) is 16.3. The van der Waals surface area contributed by atoms with Gasteiger partial charge in [-0.1, -0.05) is 32.4 Å². The predicted octanol–water partition coefficient (Wildman–Crippen LogP) is 0.300. The second-order valence-electron chi connectivity index (χ2n) is 7.74. The molecule has 196 valence electrons. The van der Waals surface area contributed by atoms with Crippen LogP contribution in [0, 0.1) is 5.92 Å². The zero-order chi connectivity index (χ0) is 26.8. The van der Waals surface area contributed by atoms with Crippen LogP contribution in [0.5, 0.6) is 5.75 Å². The lowest BCUT2D eigenvalue weighted by atomic mass is 9.93. The smallest absolute Gasteiger partial charge is 0.403 e. The lowest BCUT2D eigenvalue weighted by Crippen LogP contribution is -2.50. The number of carbonyl (C=O) groups excluding carboxylic acids is 2. The molecule has 0 saturated carbocycles. The van der Waals surface area contributed by atoms with Crippen molar-refractivity contribution in [3.63, 3.8) is 0 Å². The molecule has 14 heteroatoms. The maximum atomic E-state index is 13.0. The molecule has 2 unspecified atom stereocenters. The molecule has 0 aromatic heterocycles. The molecule has 0 aliphatic rings. The standard InChI is InChI=1S/C21H32N3O10P/c1-4-12(3)17(24-35(31,32)33-5-2)18(27)19(21(29)30)34-14-8-6-13(7-9-14)10-15(22)20(28)23-11-16(25)26/h6-9,12,15,17,19H,4-5,10-11,22H2,1-3H3,(H,23,28)(H,25,26)(H,29,30)(H2,24,31,32)/t12-,15-,17-,19?/m0/s1. The Morgan fingerprint density at radius 1 is 1.11 bits per heavy atom. The highest BCUT2D eigenvalue weighted by atomic mass is 31.2. The third-order valence-corrected chi connectivity index (χ3v) is 6.20. The average Bonchev–Trinajstić information content (AvgIpc) is 2.79. The zero-order valence-corrected chi connectivity index (χ0v) is 20.6. The van der Waals surface area contributed by atoms with E-state index in [1.54, 1.807) is 13.8 Å². The number of hydrogen-bond acceptors (Lipinski definition) is 8. The maximum Gasteiger partial charge on any atom is 0.403 e. The Balaban J connectivity index is 2.96. The molecule has 0 heterocycles. The van der Waals surface area contributed by atoms with Crippen molar-refractivity contribution in [3.05, 3.63) is 29.8 Å². The molecule has 0 radical (unpaired) electrons. The fraction of sp³-hybridized carbons (Fsp3) is 0.524. The first-order valence-corrected chi connectivity index (χ1v) is 12.4. The van der Waals surface area contributed by atoms with E-state index >= 15 is 0 Å². The lowest BCUT2D eigenvalue weighted by molar-refractivity contribution is -0.151. The van der Waals surface area contributed by atoms with Crippen LogP contribution in [-0.2, 0) is 34.7 Å². The number of carbonyl (C=O) groups is 4. The van der Waals surface area contributed by atoms with Crippen molar-refractivity contribution in [1.29, 1.82) is 0 Å². The first-order valence-electron chi connectivity index (χ1n) is 10.8. The highest BCUT2D eigenvalue weighted by molar-refractivity contribution is 7.50. The molecule has 35 heavy (non-hydrogen) atoms. The maximum absolute atomic E-state index is 13.0. The Bertz CT molecular complexity index is 940. The number of aliphatic carboxylic acids is 2. The van der Waals surface area contributed by atoms with E-state index in [9.17, 15) is 33.7 Å². The van der Waals surface area contributed by atoms with Gasteiger partial charge in [0.05, 0.1) is 18.7 Å². The molecule has 1 rings (SSSR count). The van der Waals surface area contributed by atoms with E-state index in [1.165, 1.54) is 31.2 Å². The molecule has 1 aromatic carbocycles. The number of rotatable bonds is 16. The number of hydrogen-bond donors (Lipinski definition) is 6. The summed E-state index contributed by atoms with van der Waals surface area (Å²) in [5.74, 6) is -4.89. The van der Waals surface area contributed by atoms with E-state index in [0.29, 0.717) is 12.0 Å². The van der Waals surface area contributed by atoms with Crippen molar-refractivity contribution in [2.75, 3.05) is 13.2 Å². The van der Waals surface area contributed by atoms with Crippen LogP contribution in [-0.4, -0.2) is 70.1 Å². The van der Waals surface area contributed by atoms with Gasteiger partial charge in [-0.15, -0.1) is 0 Å². The van der Waals surface area contributed by atoms with E-state index < -0.39 is 62.0 Å². The molecule has 1 aromatic rings. The fourth-order valence-corrected chi connectivity index (χ4v) is 4.13. The Morgan fingerprint density at radius 2 is 1.71 bits per heavy atom. The van der Waals surface area contributed by atoms with Crippen LogP contribution >= 0.6 is 7.75 Å². The van der Waals surface area contributed by atoms with Crippen LogP contribution in [0.4, 0.5) is 0 Å². The van der Waals surface area contributed by atoms with Crippen LogP contribution in [0.25, 0.3) is 0 Å². The van der Waals surface area contributed by atoms with Crippen molar-refractivity contribution in [1.82, 2.24) is 10.4 Å². The van der Waals surface area contributed by atoms with Gasteiger partial charge in [0.1, 0.15) is 12.3 Å². The highest BCUT2D eigenvalue weighted by Crippen LogP contribution is 2.38. The summed E-state index contributed by atoms with van der Waals surface area (Å²) in [6.07, 6.45) is -1.51. The fourth-order valence-electron chi connectivity index (χ4n) is 2.97. The number of Topliss-reactive ketones (excluding diaryl/α,β-unsaturated/α-hetero) is 1. The van der Waals surface area contributed by atoms with Crippen molar-refractivity contribution in [2.45, 2.75) is 51.8 Å². The van der Waals surface area contributed by atoms with Crippen LogP contribution in [0.1, 0.15) is 32.8 Å². The highest BCUT2D eigenvalue weighted by Gasteiger charge is 2.40. The Morgan fingerprint density at radius 3 is 2.20 bits per heavy atom. The van der Waals surface area contributed by atoms with Crippen LogP contribution in [0.3, 0.4) is 0 Å². The molecular formula is C21H32N3O10P. The van der Waals surface area contributed by atoms with Crippen molar-refractivity contribution >= 4 is 31.4 Å². The van der Waals surface area contributed by atoms with Gasteiger partial charge in [0, 0.05) is 0 Å². The van der Waals surface area contributed by atoms with Crippen LogP contribution in [0.2, 0.25) is 0 Å². The number of nitrogens with one attached hydrogen (secondary N) is 2. The van der Waals surface area contributed by atoms with Gasteiger partial charge in [-0.05, 0) is 37.0 Å². The minimum atomic E-state index is -4.36. The molecule has 0 spiro atoms. The molecule has 5 atom stereocenters. The summed E-state index contributed by atoms with van der Waals surface area (Å²) in [5.41, 5.74) is 6.34. The topological polar surface area (TPSA) is 215 Å². The Hall–Kier alpha value is -2.83. The van der Waals surface area contributed by atoms with Gasteiger partial charge in [-0.3, -0.25) is 18.9 Å². The number of ketones is 1. The molecule has 0 aliphatic heterocycles. The first kappa shape index (κ1) is 30.2. The summed E-state index contributed by atoms with van der Waals surface area (Å²) in [7, 11) is -4.36. The van der Waals surface area contributed by atoms with E-state index in [4.69, 9.17) is 20.1 Å². The van der Waals surface area contributed by atoms with Crippen molar-refractivity contribution in [2.24, 2.45) is 11.7 Å². The number of amides is 1. The summed E-state index contributed by atoms with van der Waals surface area (Å²) >= 11 is 0. The molecule has 0 aliphatic carbocycles. The van der Waals surface area contributed by atoms with Crippen molar-refractivity contribution < 1.29 is 48.1 Å². The molecule has 0 fully saturated rings. The SMILES string of the molecule is CCOP(=O)(O)N[C@H](C(=O)C(Oc1ccc(C[C@H](N)C(=O)NCC(=O)O)cc1)C(=O)O)[C@@H](C)CC. The summed E-state index contributed by atoms with van der Waals surface area (Å²) in [6.45, 7) is 4.18. The third-order valence-electron chi connectivity index (χ3n) is 4.99. The van der Waals surface area contributed by atoms with E-state index in [0.717, 1.165) is 0 Å². The molecule has 1 amide bonds. The Labute approximate surface area is 202 Å². The van der Waals surface area contributed by atoms with Crippen LogP contribution < -0.4 is 20.9 Å². The zero-order valence-electron chi connectivity index (χ0n) is 19.7. The molecule has 0 bridgehead atoms. The second kappa shape index (κ2) is 13.9. The summed E-state index contributed by atoms with van der Waals surface area (Å²) < 4.78 is 22.3. The lowest BCUT2D eigenvalue weighted by Gasteiger charge is -2.27. The Kier molecular flexibility index (Phi) is 12.0. The number of carboxylic acid groups (broad SMARTS) is 2. The summed E-state index contributed by atoms with van der Waals surface area (Å²) in [4.78, 5) is 57.1. The minimum absolute atomic E-state index is 0.0262. The molecule has 7 N–H and O–H groups in total. The average molecular weight is 517 g/mol. The van der Waals surface area contributed by atoms with Gasteiger partial charge in [0.2, 0.25) is 11.7 Å². The van der Waals surface area contributed by atoms with Crippen LogP contribution in [0.15, 0.2) is 24.3 Å². The van der Waals surface area contributed by atoms with Gasteiger partial charge < -0.3 is 30.9 Å². The molecule has 13 nitrogen and oxygen atoms in total. The summed E-state index contributed by atoms with van der Waals surface area (Å²) in [6, 6.07) is 3.42. The number of nitrogens with two attached hydrogens (primary N) is 1. The molecule has 0 saturated heterocycles. The van der Waals surface area contributed by atoms with Gasteiger partial charge >= 0.3 is 19.7 Å². The molecular weight excluding hydrogens is 485 g/mol. The largest absolute Gasteiger partial charge is 0.480 e. The number of benzene rings is 1. The number of carboxylic acids is 2.